The minimum Gasteiger partial charge on any atom is -0.497 e. The van der Waals surface area contributed by atoms with Crippen molar-refractivity contribution >= 4 is 28.6 Å². The number of hydrogen-bond acceptors (Lipinski definition) is 7. The smallest absolute Gasteiger partial charge is 0.303 e. The van der Waals surface area contributed by atoms with Crippen LogP contribution in [0.2, 0.25) is 0 Å². The number of nitrogens with zero attached hydrogens (tertiary/aromatic N) is 3. The zero-order valence-corrected chi connectivity index (χ0v) is 21.2. The van der Waals surface area contributed by atoms with E-state index in [1.54, 1.807) is 25.6 Å². The van der Waals surface area contributed by atoms with Crippen molar-refractivity contribution in [1.82, 2.24) is 14.9 Å². The van der Waals surface area contributed by atoms with Gasteiger partial charge in [-0.15, -0.1) is 11.8 Å². The maximum atomic E-state index is 13.8. The van der Waals surface area contributed by atoms with Crippen LogP contribution in [0.5, 0.6) is 5.75 Å². The van der Waals surface area contributed by atoms with Gasteiger partial charge in [-0.3, -0.25) is 9.78 Å². The lowest BCUT2D eigenvalue weighted by Gasteiger charge is -2.38. The molecular weight excluding hydrogens is 481 g/mol. The maximum absolute atomic E-state index is 13.8. The van der Waals surface area contributed by atoms with Gasteiger partial charge in [-0.05, 0) is 79.6 Å². The second-order valence-corrected chi connectivity index (χ2v) is 10.3. The molecule has 3 aromatic rings. The number of carbonyl (C=O) groups is 1. The Morgan fingerprint density at radius 3 is 2.89 bits per heavy atom. The van der Waals surface area contributed by atoms with Gasteiger partial charge in [-0.25, -0.2) is 9.37 Å². The molecule has 1 saturated heterocycles. The summed E-state index contributed by atoms with van der Waals surface area (Å²) in [6.45, 7) is 2.29. The van der Waals surface area contributed by atoms with Gasteiger partial charge in [0, 0.05) is 43.0 Å². The zero-order valence-electron chi connectivity index (χ0n) is 20.3. The summed E-state index contributed by atoms with van der Waals surface area (Å²) in [6, 6.07) is 10.4. The summed E-state index contributed by atoms with van der Waals surface area (Å²) in [4.78, 5) is 22.3. The molecule has 4 rings (SSSR count). The molecule has 9 heteroatoms. The lowest BCUT2D eigenvalue weighted by atomic mass is 9.79. The van der Waals surface area contributed by atoms with Gasteiger partial charge < -0.3 is 19.8 Å². The number of carboxylic acid groups (broad SMARTS) is 1. The van der Waals surface area contributed by atoms with Gasteiger partial charge in [-0.1, -0.05) is 0 Å². The number of ether oxygens (including phenoxy) is 1. The van der Waals surface area contributed by atoms with Crippen molar-refractivity contribution in [2.75, 3.05) is 32.5 Å². The number of aliphatic carboxylic acids is 1. The first kappa shape index (κ1) is 26.3. The van der Waals surface area contributed by atoms with Crippen molar-refractivity contribution in [2.45, 2.75) is 36.8 Å². The van der Waals surface area contributed by atoms with E-state index in [1.165, 1.54) is 17.8 Å². The average Bonchev–Trinajstić information content (AvgIpc) is 2.88. The Balaban J connectivity index is 1.35. The summed E-state index contributed by atoms with van der Waals surface area (Å²) >= 11 is 1.38. The summed E-state index contributed by atoms with van der Waals surface area (Å²) in [5.41, 5.74) is 1.61. The summed E-state index contributed by atoms with van der Waals surface area (Å²) < 4.78 is 19.2. The topological polar surface area (TPSA) is 95.8 Å². The van der Waals surface area contributed by atoms with Crippen LogP contribution in [0.25, 0.3) is 10.9 Å². The molecule has 0 amide bonds. The largest absolute Gasteiger partial charge is 0.497 e. The fourth-order valence-corrected chi connectivity index (χ4v) is 5.92. The third-order valence-corrected chi connectivity index (χ3v) is 7.90. The van der Waals surface area contributed by atoms with Crippen molar-refractivity contribution in [3.8, 4) is 5.75 Å². The van der Waals surface area contributed by atoms with Gasteiger partial charge in [0.25, 0.3) is 0 Å². The molecule has 36 heavy (non-hydrogen) atoms. The van der Waals surface area contributed by atoms with Crippen molar-refractivity contribution in [3.05, 3.63) is 60.2 Å². The van der Waals surface area contributed by atoms with Crippen LogP contribution in [0.4, 0.5) is 4.39 Å². The van der Waals surface area contributed by atoms with E-state index in [4.69, 9.17) is 4.74 Å². The van der Waals surface area contributed by atoms with Crippen LogP contribution in [-0.4, -0.2) is 63.5 Å². The number of fused-ring (bicyclic) bond motifs is 1. The fraction of sp³-hybridized carbons (Fsp3) is 0.444. The van der Waals surface area contributed by atoms with E-state index >= 15 is 0 Å². The maximum Gasteiger partial charge on any atom is 0.303 e. The molecule has 0 unspecified atom stereocenters. The zero-order chi connectivity index (χ0) is 25.5. The lowest BCUT2D eigenvalue weighted by Crippen LogP contribution is -2.42. The van der Waals surface area contributed by atoms with E-state index in [9.17, 15) is 19.4 Å². The average molecular weight is 514 g/mol. The van der Waals surface area contributed by atoms with E-state index < -0.39 is 12.1 Å². The van der Waals surface area contributed by atoms with Crippen molar-refractivity contribution < 1.29 is 24.1 Å². The Kier molecular flexibility index (Phi) is 9.12. The molecule has 7 nitrogen and oxygen atoms in total. The molecule has 0 saturated carbocycles. The first-order valence-corrected chi connectivity index (χ1v) is 13.2. The van der Waals surface area contributed by atoms with Gasteiger partial charge >= 0.3 is 5.97 Å². The van der Waals surface area contributed by atoms with Gasteiger partial charge in [0.1, 0.15) is 10.8 Å². The SMILES string of the molecule is COc1ccc2nccc([C@@H](O)CC[C@@H]3CCN(CCSc4ncccc4F)C[C@@H]3CC(=O)O)c2c1. The number of aliphatic hydroxyl groups excluding tert-OH is 1. The number of methoxy groups -OCH3 is 1. The monoisotopic (exact) mass is 513 g/mol. The minimum absolute atomic E-state index is 0.00862. The van der Waals surface area contributed by atoms with Crippen molar-refractivity contribution in [2.24, 2.45) is 11.8 Å². The van der Waals surface area contributed by atoms with Gasteiger partial charge in [0.2, 0.25) is 0 Å². The number of hydrogen-bond donors (Lipinski definition) is 2. The summed E-state index contributed by atoms with van der Waals surface area (Å²) in [5.74, 6) is 0.510. The molecule has 2 aromatic heterocycles. The van der Waals surface area contributed by atoms with Crippen LogP contribution < -0.4 is 4.74 Å². The third-order valence-electron chi connectivity index (χ3n) is 6.94. The number of aromatic nitrogens is 2. The second-order valence-electron chi connectivity index (χ2n) is 9.22. The normalized spacial score (nSPS) is 19.3. The lowest BCUT2D eigenvalue weighted by molar-refractivity contribution is -0.139. The third kappa shape index (κ3) is 6.72. The Labute approximate surface area is 214 Å². The summed E-state index contributed by atoms with van der Waals surface area (Å²) in [6.07, 6.45) is 4.89. The minimum atomic E-state index is -0.801. The highest BCUT2D eigenvalue weighted by molar-refractivity contribution is 7.99. The first-order valence-electron chi connectivity index (χ1n) is 12.2. The summed E-state index contributed by atoms with van der Waals surface area (Å²) in [7, 11) is 1.61. The van der Waals surface area contributed by atoms with Gasteiger partial charge in [-0.2, -0.15) is 0 Å². The van der Waals surface area contributed by atoms with E-state index in [2.05, 4.69) is 14.9 Å². The van der Waals surface area contributed by atoms with Crippen LogP contribution in [-0.2, 0) is 4.79 Å². The Morgan fingerprint density at radius 1 is 1.25 bits per heavy atom. The van der Waals surface area contributed by atoms with Gasteiger partial charge in [0.05, 0.1) is 18.7 Å². The number of benzene rings is 1. The predicted molar refractivity (Wildman–Crippen MR) is 138 cm³/mol. The predicted octanol–water partition coefficient (Wildman–Crippen LogP) is 4.80. The molecule has 192 valence electrons. The molecule has 3 atom stereocenters. The summed E-state index contributed by atoms with van der Waals surface area (Å²) in [5, 5.41) is 21.8. The number of aliphatic hydroxyl groups is 1. The molecule has 1 aliphatic heterocycles. The quantitative estimate of drug-likeness (QED) is 0.353. The number of piperidine rings is 1. The molecule has 0 spiro atoms. The number of thioether (sulfide) groups is 1. The molecule has 3 heterocycles. The highest BCUT2D eigenvalue weighted by Gasteiger charge is 2.31. The van der Waals surface area contributed by atoms with Crippen LogP contribution in [0, 0.1) is 17.7 Å². The first-order chi connectivity index (χ1) is 17.4. The number of rotatable bonds is 11. The van der Waals surface area contributed by atoms with Crippen molar-refractivity contribution in [1.29, 1.82) is 0 Å². The van der Waals surface area contributed by atoms with Gasteiger partial charge in [0.15, 0.2) is 5.82 Å². The van der Waals surface area contributed by atoms with Crippen LogP contribution in [0.1, 0.15) is 37.4 Å². The Hall–Kier alpha value is -2.75. The standard InChI is InChI=1S/C27H32FN3O4S/c1-35-20-5-6-24-22(16-20)21(8-11-29-24)25(32)7-4-18-9-12-31(17-19(18)15-26(33)34)13-14-36-27-23(28)3-2-10-30-27/h2-3,5-6,8,10-11,16,18-19,25,32H,4,7,9,12-15,17H2,1H3,(H,33,34)/t18-,19+,25+/m1/s1. The molecule has 1 fully saturated rings. The van der Waals surface area contributed by atoms with Crippen LogP contribution in [0.15, 0.2) is 53.8 Å². The van der Waals surface area contributed by atoms with E-state index in [0.29, 0.717) is 29.5 Å². The van der Waals surface area contributed by atoms with E-state index in [0.717, 1.165) is 42.4 Å². The van der Waals surface area contributed by atoms with E-state index in [1.807, 2.05) is 24.3 Å². The molecular formula is C27H32FN3O4S. The highest BCUT2D eigenvalue weighted by atomic mass is 32.2. The highest BCUT2D eigenvalue weighted by Crippen LogP contribution is 2.35. The molecule has 0 bridgehead atoms. The van der Waals surface area contributed by atoms with Crippen molar-refractivity contribution in [3.63, 3.8) is 0 Å². The van der Waals surface area contributed by atoms with Crippen LogP contribution >= 0.6 is 11.8 Å². The molecule has 1 aromatic carbocycles. The van der Waals surface area contributed by atoms with Crippen LogP contribution in [0.3, 0.4) is 0 Å². The Bertz CT molecular complexity index is 1180. The molecule has 0 radical (unpaired) electrons. The second kappa shape index (κ2) is 12.5. The number of halogens is 1. The number of likely N-dealkylation sites (tertiary alicyclic amines) is 1. The molecule has 2 N–H and O–H groups in total. The van der Waals surface area contributed by atoms with E-state index in [-0.39, 0.29) is 24.1 Å². The fourth-order valence-electron chi connectivity index (χ4n) is 5.04. The Morgan fingerprint density at radius 2 is 2.11 bits per heavy atom. The number of pyridine rings is 2. The number of carboxylic acids is 1. The molecule has 1 aliphatic rings. The molecule has 0 aliphatic carbocycles.